The Balaban J connectivity index is 2.40. The number of nitrogens with zero attached hydrogens (tertiary/aromatic N) is 2. The first kappa shape index (κ1) is 11.2. The van der Waals surface area contributed by atoms with Crippen LogP contribution in [-0.2, 0) is 13.5 Å². The first-order chi connectivity index (χ1) is 6.76. The molecule has 3 heteroatoms. The molecule has 0 spiro atoms. The van der Waals surface area contributed by atoms with Crippen molar-refractivity contribution >= 4 is 0 Å². The number of aryl methyl sites for hydroxylation is 1. The molecule has 0 aliphatic carbocycles. The minimum absolute atomic E-state index is 0.713. The molecule has 1 unspecified atom stereocenters. The lowest BCUT2D eigenvalue weighted by Gasteiger charge is -2.13. The van der Waals surface area contributed by atoms with E-state index in [0.29, 0.717) is 5.92 Å². The van der Waals surface area contributed by atoms with Crippen LogP contribution in [0.15, 0.2) is 12.3 Å². The third-order valence-electron chi connectivity index (χ3n) is 2.53. The highest BCUT2D eigenvalue weighted by molar-refractivity contribution is 5.00. The minimum atomic E-state index is 0.713. The third kappa shape index (κ3) is 3.50. The topological polar surface area (TPSA) is 29.9 Å². The van der Waals surface area contributed by atoms with Gasteiger partial charge in [0.1, 0.15) is 0 Å². The molecule has 1 aromatic heterocycles. The average Bonchev–Trinajstić information content (AvgIpc) is 2.58. The van der Waals surface area contributed by atoms with Gasteiger partial charge >= 0.3 is 0 Å². The van der Waals surface area contributed by atoms with Gasteiger partial charge in [-0.25, -0.2) is 0 Å². The van der Waals surface area contributed by atoms with Crippen LogP contribution in [0.1, 0.15) is 26.0 Å². The summed E-state index contributed by atoms with van der Waals surface area (Å²) in [5.74, 6) is 0.713. The molecule has 1 heterocycles. The van der Waals surface area contributed by atoms with Crippen LogP contribution < -0.4 is 5.32 Å². The Morgan fingerprint density at radius 2 is 2.29 bits per heavy atom. The Morgan fingerprint density at radius 3 is 2.79 bits per heavy atom. The highest BCUT2D eigenvalue weighted by atomic mass is 15.2. The van der Waals surface area contributed by atoms with Crippen LogP contribution in [0.3, 0.4) is 0 Å². The molecule has 3 nitrogen and oxygen atoms in total. The Kier molecular flexibility index (Phi) is 4.66. The largest absolute Gasteiger partial charge is 0.317 e. The van der Waals surface area contributed by atoms with Crippen LogP contribution in [0.25, 0.3) is 0 Å². The summed E-state index contributed by atoms with van der Waals surface area (Å²) in [6.07, 6.45) is 4.31. The average molecular weight is 195 g/mol. The van der Waals surface area contributed by atoms with E-state index >= 15 is 0 Å². The van der Waals surface area contributed by atoms with Crippen LogP contribution in [0.4, 0.5) is 0 Å². The third-order valence-corrected chi connectivity index (χ3v) is 2.53. The normalized spacial score (nSPS) is 13.1. The molecule has 0 aromatic carbocycles. The van der Waals surface area contributed by atoms with Crippen LogP contribution in [0.2, 0.25) is 0 Å². The van der Waals surface area contributed by atoms with Gasteiger partial charge in [-0.2, -0.15) is 5.10 Å². The zero-order valence-corrected chi connectivity index (χ0v) is 9.45. The van der Waals surface area contributed by atoms with E-state index in [2.05, 4.69) is 30.3 Å². The van der Waals surface area contributed by atoms with Crippen molar-refractivity contribution < 1.29 is 0 Å². The second kappa shape index (κ2) is 5.81. The smallest absolute Gasteiger partial charge is 0.0627 e. The van der Waals surface area contributed by atoms with Crippen molar-refractivity contribution in [1.82, 2.24) is 15.1 Å². The van der Waals surface area contributed by atoms with Crippen molar-refractivity contribution in [3.8, 4) is 0 Å². The van der Waals surface area contributed by atoms with Crippen LogP contribution in [0, 0.1) is 5.92 Å². The molecule has 0 radical (unpaired) electrons. The summed E-state index contributed by atoms with van der Waals surface area (Å²) in [6.45, 7) is 6.54. The molecule has 0 fully saturated rings. The lowest BCUT2D eigenvalue weighted by Crippen LogP contribution is -2.23. The molecule has 1 atom stereocenters. The number of aromatic nitrogens is 2. The number of nitrogens with one attached hydrogen (secondary N) is 1. The van der Waals surface area contributed by atoms with Crippen molar-refractivity contribution in [3.05, 3.63) is 18.0 Å². The van der Waals surface area contributed by atoms with Gasteiger partial charge in [0, 0.05) is 13.2 Å². The van der Waals surface area contributed by atoms with Crippen LogP contribution >= 0.6 is 0 Å². The second-order valence-electron chi connectivity index (χ2n) is 3.77. The lowest BCUT2D eigenvalue weighted by molar-refractivity contribution is 0.461. The van der Waals surface area contributed by atoms with Crippen LogP contribution in [0.5, 0.6) is 0 Å². The fraction of sp³-hybridized carbons (Fsp3) is 0.727. The van der Waals surface area contributed by atoms with Crippen molar-refractivity contribution in [3.63, 3.8) is 0 Å². The van der Waals surface area contributed by atoms with Crippen molar-refractivity contribution in [2.75, 3.05) is 13.1 Å². The first-order valence-electron chi connectivity index (χ1n) is 5.45. The highest BCUT2D eigenvalue weighted by Gasteiger charge is 2.08. The molecule has 14 heavy (non-hydrogen) atoms. The maximum absolute atomic E-state index is 4.40. The Morgan fingerprint density at radius 1 is 1.50 bits per heavy atom. The van der Waals surface area contributed by atoms with Crippen molar-refractivity contribution in [1.29, 1.82) is 0 Å². The molecule has 0 bridgehead atoms. The van der Waals surface area contributed by atoms with E-state index in [1.807, 2.05) is 17.9 Å². The lowest BCUT2D eigenvalue weighted by atomic mass is 10.0. The van der Waals surface area contributed by atoms with Crippen LogP contribution in [-0.4, -0.2) is 22.9 Å². The summed E-state index contributed by atoms with van der Waals surface area (Å²) in [7, 11) is 1.97. The molecule has 0 amide bonds. The molecule has 0 saturated heterocycles. The summed E-state index contributed by atoms with van der Waals surface area (Å²) >= 11 is 0. The first-order valence-corrected chi connectivity index (χ1v) is 5.45. The van der Waals surface area contributed by atoms with Gasteiger partial charge in [0.2, 0.25) is 0 Å². The summed E-state index contributed by atoms with van der Waals surface area (Å²) in [5.41, 5.74) is 1.21. The van der Waals surface area contributed by atoms with Gasteiger partial charge in [0.25, 0.3) is 0 Å². The van der Waals surface area contributed by atoms with E-state index in [4.69, 9.17) is 0 Å². The van der Waals surface area contributed by atoms with Gasteiger partial charge in [-0.1, -0.05) is 20.3 Å². The fourth-order valence-corrected chi connectivity index (χ4v) is 1.58. The van der Waals surface area contributed by atoms with Gasteiger partial charge in [0.15, 0.2) is 0 Å². The maximum atomic E-state index is 4.40. The van der Waals surface area contributed by atoms with E-state index in [1.165, 1.54) is 12.1 Å². The fourth-order valence-electron chi connectivity index (χ4n) is 1.58. The van der Waals surface area contributed by atoms with Gasteiger partial charge in [-0.15, -0.1) is 0 Å². The molecule has 0 aliphatic rings. The van der Waals surface area contributed by atoms with Crippen molar-refractivity contribution in [2.24, 2.45) is 13.0 Å². The van der Waals surface area contributed by atoms with E-state index in [1.54, 1.807) is 0 Å². The predicted molar refractivity (Wildman–Crippen MR) is 59.2 cm³/mol. The quantitative estimate of drug-likeness (QED) is 0.747. The Labute approximate surface area is 86.5 Å². The molecule has 0 aliphatic heterocycles. The number of hydrogen-bond donors (Lipinski definition) is 1. The minimum Gasteiger partial charge on any atom is -0.317 e. The monoisotopic (exact) mass is 195 g/mol. The highest BCUT2D eigenvalue weighted by Crippen LogP contribution is 2.09. The number of rotatable bonds is 6. The van der Waals surface area contributed by atoms with Gasteiger partial charge in [-0.05, 0) is 31.5 Å². The summed E-state index contributed by atoms with van der Waals surface area (Å²) in [6, 6.07) is 2.11. The van der Waals surface area contributed by atoms with Gasteiger partial charge in [-0.3, -0.25) is 4.68 Å². The Bertz CT molecular complexity index is 255. The molecule has 0 saturated carbocycles. The zero-order chi connectivity index (χ0) is 10.4. The van der Waals surface area contributed by atoms with E-state index in [9.17, 15) is 0 Å². The van der Waals surface area contributed by atoms with E-state index < -0.39 is 0 Å². The SMILES string of the molecule is CCNCC(CC)Cc1ccn(C)n1. The molecule has 1 rings (SSSR count). The molecular weight excluding hydrogens is 174 g/mol. The zero-order valence-electron chi connectivity index (χ0n) is 9.45. The van der Waals surface area contributed by atoms with Gasteiger partial charge < -0.3 is 5.32 Å². The Hall–Kier alpha value is -0.830. The molecular formula is C11H21N3. The summed E-state index contributed by atoms with van der Waals surface area (Å²) in [5, 5.41) is 7.79. The second-order valence-corrected chi connectivity index (χ2v) is 3.77. The standard InChI is InChI=1S/C11H21N3/c1-4-10(9-12-5-2)8-11-6-7-14(3)13-11/h6-7,10,12H,4-5,8-9H2,1-3H3. The van der Waals surface area contributed by atoms with Gasteiger partial charge in [0.05, 0.1) is 5.69 Å². The summed E-state index contributed by atoms with van der Waals surface area (Å²) in [4.78, 5) is 0. The molecule has 1 N–H and O–H groups in total. The maximum Gasteiger partial charge on any atom is 0.0627 e. The number of hydrogen-bond acceptors (Lipinski definition) is 2. The van der Waals surface area contributed by atoms with Crippen molar-refractivity contribution in [2.45, 2.75) is 26.7 Å². The molecule has 1 aromatic rings. The predicted octanol–water partition coefficient (Wildman–Crippen LogP) is 1.60. The summed E-state index contributed by atoms with van der Waals surface area (Å²) < 4.78 is 1.87. The van der Waals surface area contributed by atoms with E-state index in [-0.39, 0.29) is 0 Å². The molecule has 80 valence electrons. The van der Waals surface area contributed by atoms with E-state index in [0.717, 1.165) is 19.5 Å².